The van der Waals surface area contributed by atoms with Crippen LogP contribution in [0.4, 0.5) is 13.2 Å². The quantitative estimate of drug-likeness (QED) is 0.215. The zero-order valence-electron chi connectivity index (χ0n) is 61.1. The highest BCUT2D eigenvalue weighted by Crippen LogP contribution is 2.44. The monoisotopic (exact) mass is 1430 g/mol. The van der Waals surface area contributed by atoms with E-state index < -0.39 is 174 Å². The largest absolute Gasteiger partial charge is 0.393 e. The molecule has 25 nitrogen and oxygen atoms in total. The second-order valence-corrected chi connectivity index (χ2v) is 31.0. The Bertz CT molecular complexity index is 2910. The molecule has 3 N–H and O–H groups in total. The number of piperidine rings is 1. The van der Waals surface area contributed by atoms with E-state index in [1.165, 1.54) is 68.9 Å². The summed E-state index contributed by atoms with van der Waals surface area (Å²) in [7, 11) is 9.87. The normalized spacial score (nSPS) is 29.9. The molecule has 0 radical (unpaired) electrons. The van der Waals surface area contributed by atoms with Crippen molar-refractivity contribution in [2.24, 2.45) is 29.6 Å². The van der Waals surface area contributed by atoms with E-state index in [9.17, 15) is 41.9 Å². The van der Waals surface area contributed by atoms with Gasteiger partial charge < -0.3 is 64.8 Å². The molecule has 3 saturated heterocycles. The third-order valence-corrected chi connectivity index (χ3v) is 23.2. The number of hydrogen-bond donors (Lipinski definition) is 3. The average Bonchev–Trinajstić information content (AvgIpc) is 1.45. The third-order valence-electron chi connectivity index (χ3n) is 22.7. The molecule has 12 amide bonds. The highest BCUT2D eigenvalue weighted by Gasteiger charge is 2.52. The topological polar surface area (TPSA) is 279 Å². The van der Waals surface area contributed by atoms with Gasteiger partial charge in [-0.25, -0.2) is 0 Å². The molecule has 7 aliphatic rings. The molecule has 564 valence electrons. The van der Waals surface area contributed by atoms with E-state index in [0.29, 0.717) is 77.3 Å². The molecule has 7 fully saturated rings. The van der Waals surface area contributed by atoms with Crippen LogP contribution in [0.2, 0.25) is 0 Å². The van der Waals surface area contributed by atoms with Crippen molar-refractivity contribution in [1.82, 2.24) is 60.0 Å². The number of likely N-dealkylation sites (N-methyl/N-ethyl adjacent to an activating group) is 7. The standard InChI is InChI=1S/C71H114ClF3N12O13/c1-12-45(4)60-67(97)81(7)41-58(90)79(5)42-59(91)83(9)55(43-100-48-25-21-26-48)65(95)80(6)40-56(88)76-51(31-29-46-28-30-49(50(72)38-46)71(73,74)75)64(94)87-36-22-27-52(87)63(93)78-70(32-17-18-33-70)69(99)85(11)61(47-23-15-13-16-24-47)68(98)84(10)54(66(96)86-34-19-14-20-35-86)39-57(89)82(8)53(37-44(2)3)62(92)77-60/h44-55,60-61H,12-43H2,1-11H3,(H,76,88)(H,77,92)(H,78,93)/t45-,46?,49?,50?,51-,52-,53-,54-,55-,60-,61-/m0/s1. The van der Waals surface area contributed by atoms with E-state index in [1.807, 2.05) is 20.8 Å². The molecule has 3 aliphatic heterocycles. The van der Waals surface area contributed by atoms with Crippen molar-refractivity contribution >= 4 is 82.5 Å². The Labute approximate surface area is 594 Å². The van der Waals surface area contributed by atoms with E-state index in [0.717, 1.165) is 51.7 Å². The van der Waals surface area contributed by atoms with Crippen molar-refractivity contribution in [2.75, 3.05) is 95.2 Å². The van der Waals surface area contributed by atoms with Crippen LogP contribution in [0.15, 0.2) is 0 Å². The summed E-state index contributed by atoms with van der Waals surface area (Å²) >= 11 is 6.39. The number of halogens is 4. The maximum absolute atomic E-state index is 15.8. The summed E-state index contributed by atoms with van der Waals surface area (Å²) < 4.78 is 48.1. The highest BCUT2D eigenvalue weighted by atomic mass is 35.5. The summed E-state index contributed by atoms with van der Waals surface area (Å²) in [4.78, 5) is 190. The number of hydrogen-bond acceptors (Lipinski definition) is 13. The Hall–Kier alpha value is -6.32. The second kappa shape index (κ2) is 36.2. The van der Waals surface area contributed by atoms with Gasteiger partial charge in [0, 0.05) is 74.3 Å². The van der Waals surface area contributed by atoms with Gasteiger partial charge in [-0.3, -0.25) is 57.5 Å². The molecule has 100 heavy (non-hydrogen) atoms. The fraction of sp³-hybridized carbons (Fsp3) is 0.831. The van der Waals surface area contributed by atoms with Crippen molar-refractivity contribution in [3.05, 3.63) is 0 Å². The molecule has 0 aromatic carbocycles. The fourth-order valence-corrected chi connectivity index (χ4v) is 16.3. The lowest BCUT2D eigenvalue weighted by Crippen LogP contribution is -2.65. The summed E-state index contributed by atoms with van der Waals surface area (Å²) in [6.07, 6.45) is 5.26. The highest BCUT2D eigenvalue weighted by molar-refractivity contribution is 6.21. The van der Waals surface area contributed by atoms with Crippen LogP contribution in [-0.2, 0) is 62.3 Å². The van der Waals surface area contributed by atoms with E-state index in [1.54, 1.807) is 11.8 Å². The second-order valence-electron chi connectivity index (χ2n) is 30.4. The molecule has 0 aromatic heterocycles. The maximum Gasteiger partial charge on any atom is 0.393 e. The van der Waals surface area contributed by atoms with Gasteiger partial charge in [0.15, 0.2) is 0 Å². The molecule has 4 saturated carbocycles. The van der Waals surface area contributed by atoms with Crippen molar-refractivity contribution in [3.63, 3.8) is 0 Å². The van der Waals surface area contributed by atoms with Gasteiger partial charge in [-0.15, -0.1) is 11.6 Å². The summed E-state index contributed by atoms with van der Waals surface area (Å²) in [6, 6.07) is -8.80. The summed E-state index contributed by atoms with van der Waals surface area (Å²) in [5.41, 5.74) is -1.56. The number of nitrogens with zero attached hydrogens (tertiary/aromatic N) is 9. The molecule has 4 aliphatic carbocycles. The van der Waals surface area contributed by atoms with Crippen LogP contribution in [-0.4, -0.2) is 276 Å². The number of carbonyl (C=O) groups excluding carboxylic acids is 12. The van der Waals surface area contributed by atoms with E-state index >= 15 is 28.8 Å². The van der Waals surface area contributed by atoms with Crippen molar-refractivity contribution in [1.29, 1.82) is 0 Å². The maximum atomic E-state index is 15.8. The number of likely N-dealkylation sites (tertiary alicyclic amines) is 1. The van der Waals surface area contributed by atoms with Gasteiger partial charge in [0.25, 0.3) is 0 Å². The first kappa shape index (κ1) is 81.0. The molecule has 3 heterocycles. The summed E-state index contributed by atoms with van der Waals surface area (Å²) in [5, 5.41) is 7.57. The number of alkyl halides is 4. The van der Waals surface area contributed by atoms with Crippen LogP contribution < -0.4 is 16.0 Å². The van der Waals surface area contributed by atoms with Gasteiger partial charge in [0.2, 0.25) is 70.9 Å². The van der Waals surface area contributed by atoms with Crippen molar-refractivity contribution in [2.45, 2.75) is 254 Å². The minimum absolute atomic E-state index is 0.00886. The Morgan fingerprint density at radius 1 is 0.610 bits per heavy atom. The van der Waals surface area contributed by atoms with Crippen LogP contribution in [0.3, 0.4) is 0 Å². The minimum Gasteiger partial charge on any atom is -0.376 e. The molecule has 7 rings (SSSR count). The first-order valence-corrected chi connectivity index (χ1v) is 37.3. The molecule has 0 aromatic rings. The number of fused-ring (bicyclic) bond motifs is 1. The molecule has 11 atom stereocenters. The Kier molecular flexibility index (Phi) is 29.3. The number of amides is 12. The predicted molar refractivity (Wildman–Crippen MR) is 367 cm³/mol. The third kappa shape index (κ3) is 20.3. The van der Waals surface area contributed by atoms with Gasteiger partial charge in [0.05, 0.1) is 44.7 Å². The van der Waals surface area contributed by atoms with Gasteiger partial charge in [-0.1, -0.05) is 66.2 Å². The van der Waals surface area contributed by atoms with Crippen molar-refractivity contribution in [3.8, 4) is 0 Å². The smallest absolute Gasteiger partial charge is 0.376 e. The first-order valence-electron chi connectivity index (χ1n) is 36.8. The minimum atomic E-state index is -4.51. The van der Waals surface area contributed by atoms with E-state index in [-0.39, 0.29) is 88.9 Å². The van der Waals surface area contributed by atoms with Crippen LogP contribution in [0.5, 0.6) is 0 Å². The van der Waals surface area contributed by atoms with E-state index in [4.69, 9.17) is 16.3 Å². The van der Waals surface area contributed by atoms with Crippen LogP contribution in [0.1, 0.15) is 188 Å². The predicted octanol–water partition coefficient (Wildman–Crippen LogP) is 5.08. The number of carbonyl (C=O) groups is 12. The molecule has 3 unspecified atom stereocenters. The first-order chi connectivity index (χ1) is 47.2. The lowest BCUT2D eigenvalue weighted by Gasteiger charge is -2.43. The lowest BCUT2D eigenvalue weighted by atomic mass is 9.78. The number of rotatable bonds is 12. The van der Waals surface area contributed by atoms with Crippen LogP contribution >= 0.6 is 11.6 Å². The Balaban J connectivity index is 1.27. The molecule has 29 heteroatoms. The Morgan fingerprint density at radius 2 is 1.23 bits per heavy atom. The van der Waals surface area contributed by atoms with Gasteiger partial charge in [0.1, 0.15) is 47.8 Å². The molecular formula is C71H114ClF3N12O13. The fourth-order valence-electron chi connectivity index (χ4n) is 15.8. The van der Waals surface area contributed by atoms with Gasteiger partial charge in [-0.05, 0) is 139 Å². The zero-order chi connectivity index (χ0) is 73.7. The molecule has 1 spiro atoms. The van der Waals surface area contributed by atoms with Crippen LogP contribution in [0.25, 0.3) is 0 Å². The summed E-state index contributed by atoms with van der Waals surface area (Å²) in [5.74, 6) is -10.9. The lowest BCUT2D eigenvalue weighted by molar-refractivity contribution is -0.182. The Morgan fingerprint density at radius 3 is 1.83 bits per heavy atom. The van der Waals surface area contributed by atoms with Gasteiger partial charge >= 0.3 is 6.18 Å². The number of nitrogens with one attached hydrogen (secondary N) is 3. The zero-order valence-corrected chi connectivity index (χ0v) is 61.8. The van der Waals surface area contributed by atoms with E-state index in [2.05, 4.69) is 16.0 Å². The van der Waals surface area contributed by atoms with Gasteiger partial charge in [-0.2, -0.15) is 13.2 Å². The van der Waals surface area contributed by atoms with Crippen LogP contribution in [0, 0.1) is 29.6 Å². The SMILES string of the molecule is CC[C@H](C)[C@@H]1NC(=O)[C@H](CC(C)C)N(C)C(=O)C[C@@H](C(=O)N2CCCCC2)N(C)C(=O)[C@H](C2CCCCC2)N(C)C(=O)C2(CCCC2)NC(=O)[C@@H]2CCCN2C(=O)[C@H](CCC2CCC(C(F)(F)F)C(Cl)C2)NC(=O)CN(C)C(=O)[C@H](COC2CCC2)N(C)C(=O)CN(C)C(=O)CN(C)C1=O. The average molecular weight is 1440 g/mol. The van der Waals surface area contributed by atoms with Crippen molar-refractivity contribution < 1.29 is 75.4 Å². The molecular weight excluding hydrogens is 1320 g/mol. The molecule has 0 bridgehead atoms. The number of ether oxygens (including phenoxy) is 1. The summed E-state index contributed by atoms with van der Waals surface area (Å²) in [6.45, 7) is 6.11.